The molecule has 1 fully saturated rings. The first kappa shape index (κ1) is 13.9. The minimum absolute atomic E-state index is 0.0202. The Morgan fingerprint density at radius 3 is 2.74 bits per heavy atom. The molecule has 2 rings (SSSR count). The maximum absolute atomic E-state index is 11.4. The molecule has 1 aliphatic carbocycles. The standard InChI is InChI=1S/C15H23N3O/c1-18(12-13-6-3-2-4-7-13)11-5-10-16-15(19)17-14-8-9-14/h2-4,6-7,14H,5,8-12H2,1H3,(H2,16,17,19). The van der Waals surface area contributed by atoms with Gasteiger partial charge in [0.1, 0.15) is 0 Å². The van der Waals surface area contributed by atoms with Crippen molar-refractivity contribution in [3.63, 3.8) is 0 Å². The molecule has 0 aliphatic heterocycles. The second-order valence-corrected chi connectivity index (χ2v) is 5.25. The zero-order valence-electron chi connectivity index (χ0n) is 11.6. The van der Waals surface area contributed by atoms with Crippen LogP contribution < -0.4 is 10.6 Å². The number of hydrogen-bond acceptors (Lipinski definition) is 2. The molecule has 2 amide bonds. The lowest BCUT2D eigenvalue weighted by Gasteiger charge is -2.16. The lowest BCUT2D eigenvalue weighted by atomic mass is 10.2. The van der Waals surface area contributed by atoms with E-state index in [2.05, 4.69) is 46.8 Å². The van der Waals surface area contributed by atoms with Gasteiger partial charge in [0, 0.05) is 19.1 Å². The smallest absolute Gasteiger partial charge is 0.315 e. The fourth-order valence-corrected chi connectivity index (χ4v) is 1.99. The van der Waals surface area contributed by atoms with Gasteiger partial charge in [0.2, 0.25) is 0 Å². The zero-order chi connectivity index (χ0) is 13.5. The lowest BCUT2D eigenvalue weighted by Crippen LogP contribution is -2.38. The molecule has 2 N–H and O–H groups in total. The number of carbonyl (C=O) groups excluding carboxylic acids is 1. The van der Waals surface area contributed by atoms with E-state index < -0.39 is 0 Å². The number of urea groups is 1. The van der Waals surface area contributed by atoms with Crippen LogP contribution in [0.3, 0.4) is 0 Å². The van der Waals surface area contributed by atoms with Crippen LogP contribution in [0.2, 0.25) is 0 Å². The molecule has 0 heterocycles. The summed E-state index contributed by atoms with van der Waals surface area (Å²) in [4.78, 5) is 13.7. The molecule has 1 saturated carbocycles. The molecular formula is C15H23N3O. The largest absolute Gasteiger partial charge is 0.338 e. The monoisotopic (exact) mass is 261 g/mol. The topological polar surface area (TPSA) is 44.4 Å². The van der Waals surface area contributed by atoms with Gasteiger partial charge < -0.3 is 15.5 Å². The second-order valence-electron chi connectivity index (χ2n) is 5.25. The van der Waals surface area contributed by atoms with Crippen LogP contribution in [0.15, 0.2) is 30.3 Å². The predicted octanol–water partition coefficient (Wildman–Crippen LogP) is 1.97. The van der Waals surface area contributed by atoms with E-state index in [1.165, 1.54) is 5.56 Å². The summed E-state index contributed by atoms with van der Waals surface area (Å²) in [7, 11) is 2.11. The van der Waals surface area contributed by atoms with Gasteiger partial charge in [-0.05, 0) is 38.4 Å². The van der Waals surface area contributed by atoms with Crippen molar-refractivity contribution in [3.8, 4) is 0 Å². The molecule has 0 saturated heterocycles. The molecule has 1 aliphatic rings. The highest BCUT2D eigenvalue weighted by Crippen LogP contribution is 2.18. The zero-order valence-corrected chi connectivity index (χ0v) is 11.6. The predicted molar refractivity (Wildman–Crippen MR) is 76.9 cm³/mol. The van der Waals surface area contributed by atoms with Crippen molar-refractivity contribution in [1.29, 1.82) is 0 Å². The van der Waals surface area contributed by atoms with E-state index in [1.807, 2.05) is 6.07 Å². The Bertz CT molecular complexity index is 390. The highest BCUT2D eigenvalue weighted by atomic mass is 16.2. The van der Waals surface area contributed by atoms with Gasteiger partial charge in [-0.2, -0.15) is 0 Å². The molecule has 0 unspecified atom stereocenters. The Morgan fingerprint density at radius 1 is 1.32 bits per heavy atom. The summed E-state index contributed by atoms with van der Waals surface area (Å²) < 4.78 is 0. The van der Waals surface area contributed by atoms with Crippen molar-refractivity contribution in [3.05, 3.63) is 35.9 Å². The Hall–Kier alpha value is -1.55. The van der Waals surface area contributed by atoms with Gasteiger partial charge in [-0.15, -0.1) is 0 Å². The van der Waals surface area contributed by atoms with Gasteiger partial charge in [-0.3, -0.25) is 0 Å². The number of hydrogen-bond donors (Lipinski definition) is 2. The Kier molecular flexibility index (Phi) is 5.21. The highest BCUT2D eigenvalue weighted by Gasteiger charge is 2.22. The van der Waals surface area contributed by atoms with Gasteiger partial charge in [-0.1, -0.05) is 30.3 Å². The lowest BCUT2D eigenvalue weighted by molar-refractivity contribution is 0.239. The van der Waals surface area contributed by atoms with Crippen molar-refractivity contribution in [1.82, 2.24) is 15.5 Å². The summed E-state index contributed by atoms with van der Waals surface area (Å²) >= 11 is 0. The number of carbonyl (C=O) groups is 1. The molecule has 0 spiro atoms. The Balaban J connectivity index is 1.53. The number of rotatable bonds is 7. The summed E-state index contributed by atoms with van der Waals surface area (Å²) in [6.07, 6.45) is 3.24. The van der Waals surface area contributed by atoms with Crippen molar-refractivity contribution >= 4 is 6.03 Å². The molecule has 104 valence electrons. The highest BCUT2D eigenvalue weighted by molar-refractivity contribution is 5.74. The van der Waals surface area contributed by atoms with Crippen molar-refractivity contribution in [2.75, 3.05) is 20.1 Å². The quantitative estimate of drug-likeness (QED) is 0.737. The number of nitrogens with zero attached hydrogens (tertiary/aromatic N) is 1. The summed E-state index contributed by atoms with van der Waals surface area (Å²) in [6, 6.07) is 10.8. The molecule has 1 aromatic carbocycles. The van der Waals surface area contributed by atoms with Crippen LogP contribution in [0.4, 0.5) is 4.79 Å². The first-order valence-corrected chi connectivity index (χ1v) is 7.01. The van der Waals surface area contributed by atoms with Crippen LogP contribution in [0.1, 0.15) is 24.8 Å². The molecule has 0 bridgehead atoms. The molecule has 0 radical (unpaired) electrons. The average Bonchev–Trinajstić information content (AvgIpc) is 3.20. The molecule has 4 nitrogen and oxygen atoms in total. The third-order valence-corrected chi connectivity index (χ3v) is 3.21. The fraction of sp³-hybridized carbons (Fsp3) is 0.533. The first-order valence-electron chi connectivity index (χ1n) is 7.01. The normalized spacial score (nSPS) is 14.4. The van der Waals surface area contributed by atoms with Crippen LogP contribution in [-0.4, -0.2) is 37.1 Å². The molecule has 0 atom stereocenters. The molecule has 19 heavy (non-hydrogen) atoms. The number of benzene rings is 1. The van der Waals surface area contributed by atoms with Crippen LogP contribution in [0.5, 0.6) is 0 Å². The van der Waals surface area contributed by atoms with E-state index in [-0.39, 0.29) is 6.03 Å². The number of nitrogens with one attached hydrogen (secondary N) is 2. The molecular weight excluding hydrogens is 238 g/mol. The summed E-state index contributed by atoms with van der Waals surface area (Å²) in [5.41, 5.74) is 1.32. The van der Waals surface area contributed by atoms with E-state index >= 15 is 0 Å². The fourth-order valence-electron chi connectivity index (χ4n) is 1.99. The third kappa shape index (κ3) is 5.75. The summed E-state index contributed by atoms with van der Waals surface area (Å²) in [5, 5.41) is 5.81. The molecule has 4 heteroatoms. The number of amides is 2. The summed E-state index contributed by atoms with van der Waals surface area (Å²) in [6.45, 7) is 2.67. The van der Waals surface area contributed by atoms with Crippen molar-refractivity contribution < 1.29 is 4.79 Å². The van der Waals surface area contributed by atoms with Gasteiger partial charge in [0.05, 0.1) is 0 Å². The first-order chi connectivity index (χ1) is 9.24. The van der Waals surface area contributed by atoms with Crippen LogP contribution in [0.25, 0.3) is 0 Å². The Morgan fingerprint density at radius 2 is 2.05 bits per heavy atom. The van der Waals surface area contributed by atoms with E-state index in [4.69, 9.17) is 0 Å². The van der Waals surface area contributed by atoms with Crippen molar-refractivity contribution in [2.45, 2.75) is 31.8 Å². The van der Waals surface area contributed by atoms with Gasteiger partial charge >= 0.3 is 6.03 Å². The average molecular weight is 261 g/mol. The second kappa shape index (κ2) is 7.14. The van der Waals surface area contributed by atoms with Crippen LogP contribution in [-0.2, 0) is 6.54 Å². The minimum atomic E-state index is -0.0202. The van der Waals surface area contributed by atoms with Gasteiger partial charge in [-0.25, -0.2) is 4.79 Å². The van der Waals surface area contributed by atoms with E-state index in [0.717, 1.165) is 38.9 Å². The third-order valence-electron chi connectivity index (χ3n) is 3.21. The Labute approximate surface area is 115 Å². The molecule has 0 aromatic heterocycles. The van der Waals surface area contributed by atoms with E-state index in [0.29, 0.717) is 6.04 Å². The minimum Gasteiger partial charge on any atom is -0.338 e. The SMILES string of the molecule is CN(CCCNC(=O)NC1CC1)Cc1ccccc1. The molecule has 1 aromatic rings. The maximum atomic E-state index is 11.4. The van der Waals surface area contributed by atoms with Crippen LogP contribution in [0, 0.1) is 0 Å². The van der Waals surface area contributed by atoms with Crippen molar-refractivity contribution in [2.24, 2.45) is 0 Å². The summed E-state index contributed by atoms with van der Waals surface area (Å²) in [5.74, 6) is 0. The maximum Gasteiger partial charge on any atom is 0.315 e. The van der Waals surface area contributed by atoms with Gasteiger partial charge in [0.15, 0.2) is 0 Å². The van der Waals surface area contributed by atoms with Gasteiger partial charge in [0.25, 0.3) is 0 Å². The van der Waals surface area contributed by atoms with Crippen LogP contribution >= 0.6 is 0 Å². The van der Waals surface area contributed by atoms with E-state index in [1.54, 1.807) is 0 Å². The van der Waals surface area contributed by atoms with E-state index in [9.17, 15) is 4.79 Å².